The summed E-state index contributed by atoms with van der Waals surface area (Å²) in [7, 11) is 0. The minimum Gasteiger partial charge on any atom is -0.345 e. The smallest absolute Gasteiger partial charge is 0.345 e. The Morgan fingerprint density at radius 3 is 2.79 bits per heavy atom. The van der Waals surface area contributed by atoms with Gasteiger partial charge in [-0.05, 0) is 60.7 Å². The largest absolute Gasteiger partial charge is 0.369 e. The summed E-state index contributed by atoms with van der Waals surface area (Å²) in [6.07, 6.45) is 2.33. The molecule has 4 rings (SSSR count). The molecule has 0 amide bonds. The Morgan fingerprint density at radius 2 is 2.12 bits per heavy atom. The van der Waals surface area contributed by atoms with Crippen molar-refractivity contribution in [3.8, 4) is 5.00 Å². The highest BCUT2D eigenvalue weighted by molar-refractivity contribution is 7.12. The molecule has 1 aliphatic carbocycles. The van der Waals surface area contributed by atoms with Crippen LogP contribution in [0.25, 0.3) is 5.00 Å². The lowest BCUT2D eigenvalue weighted by atomic mass is 10.1. The van der Waals surface area contributed by atoms with Gasteiger partial charge in [0.2, 0.25) is 0 Å². The van der Waals surface area contributed by atoms with Crippen molar-refractivity contribution >= 4 is 17.1 Å². The Balaban J connectivity index is 1.61. The summed E-state index contributed by atoms with van der Waals surface area (Å²) in [5.74, 6) is -0.115. The first kappa shape index (κ1) is 15.1. The molecule has 0 bridgehead atoms. The molecule has 7 nitrogen and oxygen atoms in total. The lowest BCUT2D eigenvalue weighted by Gasteiger charge is -2.07. The topological polar surface area (TPSA) is 74.7 Å². The predicted molar refractivity (Wildman–Crippen MR) is 90.0 cm³/mol. The molecule has 3 aromatic heterocycles. The summed E-state index contributed by atoms with van der Waals surface area (Å²) in [6.45, 7) is 3.88. The third-order valence-electron chi connectivity index (χ3n) is 4.34. The number of tetrazole rings is 1. The normalized spacial score (nSPS) is 14.2. The van der Waals surface area contributed by atoms with Crippen molar-refractivity contribution in [2.75, 3.05) is 0 Å². The number of thiophene rings is 1. The summed E-state index contributed by atoms with van der Waals surface area (Å²) in [6, 6.07) is 6.05. The fourth-order valence-corrected chi connectivity index (χ4v) is 3.75. The van der Waals surface area contributed by atoms with Gasteiger partial charge >= 0.3 is 5.69 Å². The number of aryl methyl sites for hydroxylation is 1. The van der Waals surface area contributed by atoms with Crippen LogP contribution in [0.4, 0.5) is 0 Å². The van der Waals surface area contributed by atoms with E-state index in [1.165, 1.54) is 28.9 Å². The number of Topliss-reactive ketones (excluding diaryl/α,β-unsaturated/α-hetero) is 1. The fourth-order valence-electron chi connectivity index (χ4n) is 3.08. The standard InChI is InChI=1S/C16H17N5O2S/c1-10-8-13(11(2)20(10)12-5-6-12)14(22)9-19-16(23)21(18-17-19)15-4-3-7-24-15/h3-4,7-8,12H,5-6,9H2,1-2H3. The average molecular weight is 343 g/mol. The fraction of sp³-hybridized carbons (Fsp3) is 0.375. The minimum atomic E-state index is -0.401. The second-order valence-electron chi connectivity index (χ2n) is 6.09. The van der Waals surface area contributed by atoms with Gasteiger partial charge in [-0.15, -0.1) is 11.3 Å². The molecule has 0 aliphatic heterocycles. The summed E-state index contributed by atoms with van der Waals surface area (Å²) in [5, 5.41) is 10.2. The van der Waals surface area contributed by atoms with Crippen LogP contribution in [0.15, 0.2) is 28.4 Å². The Morgan fingerprint density at radius 1 is 1.33 bits per heavy atom. The second-order valence-corrected chi connectivity index (χ2v) is 7.02. The van der Waals surface area contributed by atoms with Crippen molar-refractivity contribution in [3.05, 3.63) is 51.0 Å². The van der Waals surface area contributed by atoms with Crippen LogP contribution < -0.4 is 5.69 Å². The lowest BCUT2D eigenvalue weighted by Crippen LogP contribution is -2.27. The molecule has 0 radical (unpaired) electrons. The van der Waals surface area contributed by atoms with Crippen molar-refractivity contribution in [3.63, 3.8) is 0 Å². The molecular weight excluding hydrogens is 326 g/mol. The number of rotatable bonds is 5. The number of hydrogen-bond acceptors (Lipinski definition) is 5. The number of aromatic nitrogens is 5. The van der Waals surface area contributed by atoms with Gasteiger partial charge in [-0.2, -0.15) is 9.36 Å². The van der Waals surface area contributed by atoms with Gasteiger partial charge in [0.25, 0.3) is 0 Å². The SMILES string of the molecule is Cc1cc(C(=O)Cn2nnn(-c3cccs3)c2=O)c(C)n1C1CC1. The van der Waals surface area contributed by atoms with Crippen molar-refractivity contribution in [1.29, 1.82) is 0 Å². The highest BCUT2D eigenvalue weighted by Gasteiger charge is 2.28. The molecule has 3 heterocycles. The maximum atomic E-state index is 12.6. The van der Waals surface area contributed by atoms with Crippen molar-refractivity contribution in [2.24, 2.45) is 0 Å². The third kappa shape index (κ3) is 2.43. The number of hydrogen-bond donors (Lipinski definition) is 0. The zero-order valence-electron chi connectivity index (χ0n) is 13.5. The minimum absolute atomic E-state index is 0.0980. The van der Waals surface area contributed by atoms with E-state index in [-0.39, 0.29) is 12.3 Å². The van der Waals surface area contributed by atoms with Crippen molar-refractivity contribution < 1.29 is 4.79 Å². The molecule has 8 heteroatoms. The van der Waals surface area contributed by atoms with Gasteiger partial charge in [0.1, 0.15) is 11.5 Å². The van der Waals surface area contributed by atoms with E-state index in [0.29, 0.717) is 16.6 Å². The van der Waals surface area contributed by atoms with Crippen molar-refractivity contribution in [1.82, 2.24) is 24.4 Å². The zero-order chi connectivity index (χ0) is 16.8. The molecule has 1 fully saturated rings. The first-order chi connectivity index (χ1) is 11.6. The third-order valence-corrected chi connectivity index (χ3v) is 5.19. The van der Waals surface area contributed by atoms with E-state index in [9.17, 15) is 9.59 Å². The maximum absolute atomic E-state index is 12.6. The van der Waals surface area contributed by atoms with Crippen LogP contribution in [0.1, 0.15) is 40.6 Å². The van der Waals surface area contributed by atoms with Crippen LogP contribution in [0.2, 0.25) is 0 Å². The molecule has 3 aromatic rings. The van der Waals surface area contributed by atoms with E-state index in [1.54, 1.807) is 6.07 Å². The molecule has 0 unspecified atom stereocenters. The van der Waals surface area contributed by atoms with E-state index in [0.717, 1.165) is 16.1 Å². The van der Waals surface area contributed by atoms with Gasteiger partial charge in [-0.1, -0.05) is 0 Å². The highest BCUT2D eigenvalue weighted by atomic mass is 32.1. The number of carbonyl (C=O) groups is 1. The predicted octanol–water partition coefficient (Wildman–Crippen LogP) is 2.13. The summed E-state index contributed by atoms with van der Waals surface area (Å²) < 4.78 is 4.55. The Bertz CT molecular complexity index is 959. The first-order valence-electron chi connectivity index (χ1n) is 7.84. The van der Waals surface area contributed by atoms with Crippen LogP contribution in [0.3, 0.4) is 0 Å². The summed E-state index contributed by atoms with van der Waals surface area (Å²) >= 11 is 1.40. The Hall–Kier alpha value is -2.48. The molecule has 0 aromatic carbocycles. The molecule has 124 valence electrons. The maximum Gasteiger partial charge on any atom is 0.369 e. The number of nitrogens with zero attached hydrogens (tertiary/aromatic N) is 5. The molecule has 1 aliphatic rings. The number of ketones is 1. The summed E-state index contributed by atoms with van der Waals surface area (Å²) in [5.41, 5.74) is 2.32. The first-order valence-corrected chi connectivity index (χ1v) is 8.72. The van der Waals surface area contributed by atoms with E-state index in [1.807, 2.05) is 31.4 Å². The second kappa shape index (κ2) is 5.55. The molecule has 24 heavy (non-hydrogen) atoms. The lowest BCUT2D eigenvalue weighted by molar-refractivity contribution is 0.0965. The molecule has 0 spiro atoms. The monoisotopic (exact) mass is 343 g/mol. The van der Waals surface area contributed by atoms with Gasteiger partial charge in [-0.3, -0.25) is 4.79 Å². The van der Waals surface area contributed by atoms with Crippen LogP contribution in [0, 0.1) is 13.8 Å². The van der Waals surface area contributed by atoms with Crippen LogP contribution >= 0.6 is 11.3 Å². The average Bonchev–Trinajstić information content (AvgIpc) is 2.97. The van der Waals surface area contributed by atoms with E-state index in [2.05, 4.69) is 15.0 Å². The van der Waals surface area contributed by atoms with E-state index >= 15 is 0 Å². The quantitative estimate of drug-likeness (QED) is 0.665. The van der Waals surface area contributed by atoms with Gasteiger partial charge in [0.15, 0.2) is 5.78 Å². The molecular formula is C16H17N5O2S. The van der Waals surface area contributed by atoms with Gasteiger partial charge in [-0.25, -0.2) is 4.79 Å². The van der Waals surface area contributed by atoms with Crippen LogP contribution in [-0.2, 0) is 6.54 Å². The van der Waals surface area contributed by atoms with Crippen molar-refractivity contribution in [2.45, 2.75) is 39.3 Å². The Labute approximate surface area is 142 Å². The molecule has 1 saturated carbocycles. The van der Waals surface area contributed by atoms with Gasteiger partial charge < -0.3 is 4.57 Å². The van der Waals surface area contributed by atoms with Crippen LogP contribution in [0.5, 0.6) is 0 Å². The molecule has 0 atom stereocenters. The number of carbonyl (C=O) groups excluding carboxylic acids is 1. The molecule has 0 saturated heterocycles. The van der Waals surface area contributed by atoms with Crippen LogP contribution in [-0.4, -0.2) is 30.1 Å². The zero-order valence-corrected chi connectivity index (χ0v) is 14.3. The van der Waals surface area contributed by atoms with Gasteiger partial charge in [0.05, 0.1) is 0 Å². The van der Waals surface area contributed by atoms with Gasteiger partial charge in [0, 0.05) is 23.0 Å². The summed E-state index contributed by atoms with van der Waals surface area (Å²) in [4.78, 5) is 25.0. The van der Waals surface area contributed by atoms with E-state index < -0.39 is 5.69 Å². The van der Waals surface area contributed by atoms with E-state index in [4.69, 9.17) is 0 Å². The molecule has 0 N–H and O–H groups in total. The Kier molecular flexibility index (Phi) is 3.49. The highest BCUT2D eigenvalue weighted by Crippen LogP contribution is 2.38.